The minimum absolute atomic E-state index is 0.442. The summed E-state index contributed by atoms with van der Waals surface area (Å²) in [5.74, 6) is -0.442. The van der Waals surface area contributed by atoms with E-state index in [9.17, 15) is 4.79 Å². The van der Waals surface area contributed by atoms with Gasteiger partial charge in [0.05, 0.1) is 11.7 Å². The molecule has 2 aromatic heterocycles. The molecular weight excluding hydrogens is 204 g/mol. The van der Waals surface area contributed by atoms with Gasteiger partial charge in [0.2, 0.25) is 0 Å². The van der Waals surface area contributed by atoms with Crippen LogP contribution in [0.25, 0.3) is 22.0 Å². The molecule has 0 aliphatic carbocycles. The minimum atomic E-state index is -0.442. The van der Waals surface area contributed by atoms with Gasteiger partial charge in [0, 0.05) is 5.39 Å². The number of oxazole rings is 1. The van der Waals surface area contributed by atoms with Crippen LogP contribution < -0.4 is 5.76 Å². The number of rotatable bonds is 0. The van der Waals surface area contributed by atoms with E-state index in [-0.39, 0.29) is 0 Å². The average Bonchev–Trinajstić information content (AvgIpc) is 2.61. The Bertz CT molecular complexity index is 753. The summed E-state index contributed by atoms with van der Waals surface area (Å²) in [7, 11) is 0. The summed E-state index contributed by atoms with van der Waals surface area (Å²) in [6.45, 7) is 4.06. The molecular formula is C12H10N2O2. The van der Waals surface area contributed by atoms with Crippen LogP contribution in [0.15, 0.2) is 27.5 Å². The van der Waals surface area contributed by atoms with Crippen LogP contribution >= 0.6 is 0 Å². The van der Waals surface area contributed by atoms with Gasteiger partial charge in [-0.05, 0) is 37.1 Å². The highest BCUT2D eigenvalue weighted by atomic mass is 16.4. The fourth-order valence-electron chi connectivity index (χ4n) is 1.85. The predicted octanol–water partition coefficient (Wildman–Crippen LogP) is 2.29. The van der Waals surface area contributed by atoms with E-state index < -0.39 is 5.76 Å². The van der Waals surface area contributed by atoms with Crippen LogP contribution in [-0.4, -0.2) is 9.97 Å². The Morgan fingerprint density at radius 2 is 2.00 bits per heavy atom. The monoisotopic (exact) mass is 214 g/mol. The number of nitrogens with one attached hydrogen (secondary N) is 1. The number of H-pyrrole nitrogens is 1. The van der Waals surface area contributed by atoms with Gasteiger partial charge < -0.3 is 4.42 Å². The molecule has 0 saturated heterocycles. The molecule has 1 N–H and O–H groups in total. The first-order valence-corrected chi connectivity index (χ1v) is 5.04. The molecule has 4 heteroatoms. The molecule has 0 fully saturated rings. The lowest BCUT2D eigenvalue weighted by molar-refractivity contribution is 0.558. The van der Waals surface area contributed by atoms with E-state index >= 15 is 0 Å². The van der Waals surface area contributed by atoms with Crippen LogP contribution in [0.1, 0.15) is 11.1 Å². The van der Waals surface area contributed by atoms with Crippen LogP contribution in [0.2, 0.25) is 0 Å². The van der Waals surface area contributed by atoms with Gasteiger partial charge in [0.15, 0.2) is 5.58 Å². The zero-order valence-corrected chi connectivity index (χ0v) is 9.00. The number of aryl methyl sites for hydroxylation is 2. The number of nitrogens with zero attached hydrogens (tertiary/aromatic N) is 1. The van der Waals surface area contributed by atoms with E-state index in [4.69, 9.17) is 4.42 Å². The summed E-state index contributed by atoms with van der Waals surface area (Å²) in [6, 6.07) is 3.99. The van der Waals surface area contributed by atoms with Crippen molar-refractivity contribution >= 4 is 22.0 Å². The van der Waals surface area contributed by atoms with Crippen molar-refractivity contribution in [2.75, 3.05) is 0 Å². The summed E-state index contributed by atoms with van der Waals surface area (Å²) in [6.07, 6.45) is 1.62. The molecule has 4 nitrogen and oxygen atoms in total. The first-order chi connectivity index (χ1) is 7.65. The van der Waals surface area contributed by atoms with E-state index in [2.05, 4.69) is 9.97 Å². The number of aromatic nitrogens is 2. The van der Waals surface area contributed by atoms with Crippen LogP contribution in [-0.2, 0) is 0 Å². The Morgan fingerprint density at radius 3 is 2.81 bits per heavy atom. The lowest BCUT2D eigenvalue weighted by Gasteiger charge is -2.02. The standard InChI is InChI=1S/C12H10N2O2/c1-6-3-8-9(4-7(6)2)13-5-10-11(8)16-12(15)14-10/h3-5H,1-2H3,(H,14,15). The Morgan fingerprint density at radius 1 is 1.25 bits per heavy atom. The van der Waals surface area contributed by atoms with Crippen LogP contribution in [0, 0.1) is 13.8 Å². The maximum Gasteiger partial charge on any atom is 0.417 e. The molecule has 0 aliphatic rings. The van der Waals surface area contributed by atoms with Crippen LogP contribution in [0.3, 0.4) is 0 Å². The quantitative estimate of drug-likeness (QED) is 0.624. The first-order valence-electron chi connectivity index (χ1n) is 5.04. The van der Waals surface area contributed by atoms with E-state index in [1.165, 1.54) is 5.56 Å². The highest BCUT2D eigenvalue weighted by Gasteiger charge is 2.08. The summed E-state index contributed by atoms with van der Waals surface area (Å²) in [5.41, 5.74) is 4.40. The average molecular weight is 214 g/mol. The molecule has 0 saturated carbocycles. The summed E-state index contributed by atoms with van der Waals surface area (Å²) in [4.78, 5) is 18.0. The first kappa shape index (κ1) is 9.15. The van der Waals surface area contributed by atoms with E-state index in [1.54, 1.807) is 6.20 Å². The van der Waals surface area contributed by atoms with Crippen LogP contribution in [0.4, 0.5) is 0 Å². The van der Waals surface area contributed by atoms with Crippen molar-refractivity contribution in [3.8, 4) is 0 Å². The second-order valence-corrected chi connectivity index (χ2v) is 3.97. The van der Waals surface area contributed by atoms with Crippen molar-refractivity contribution in [3.63, 3.8) is 0 Å². The molecule has 0 radical (unpaired) electrons. The number of aromatic amines is 1. The normalized spacial score (nSPS) is 11.4. The molecule has 16 heavy (non-hydrogen) atoms. The predicted molar refractivity (Wildman–Crippen MR) is 61.6 cm³/mol. The molecule has 0 spiro atoms. The molecule has 0 bridgehead atoms. The van der Waals surface area contributed by atoms with Crippen LogP contribution in [0.5, 0.6) is 0 Å². The van der Waals surface area contributed by atoms with Crippen molar-refractivity contribution in [1.29, 1.82) is 0 Å². The Labute approximate surface area is 90.9 Å². The van der Waals surface area contributed by atoms with Gasteiger partial charge in [0.25, 0.3) is 0 Å². The van der Waals surface area contributed by atoms with Crippen molar-refractivity contribution in [2.45, 2.75) is 13.8 Å². The second-order valence-electron chi connectivity index (χ2n) is 3.97. The van der Waals surface area contributed by atoms with Gasteiger partial charge in [-0.15, -0.1) is 0 Å². The number of hydrogen-bond acceptors (Lipinski definition) is 3. The number of pyridine rings is 1. The summed E-state index contributed by atoms with van der Waals surface area (Å²) >= 11 is 0. The Balaban J connectivity index is 2.59. The van der Waals surface area contributed by atoms with Gasteiger partial charge in [0.1, 0.15) is 5.52 Å². The third-order valence-corrected chi connectivity index (χ3v) is 2.87. The lowest BCUT2D eigenvalue weighted by Crippen LogP contribution is -1.92. The van der Waals surface area contributed by atoms with Gasteiger partial charge in [-0.1, -0.05) is 0 Å². The Hall–Kier alpha value is -2.10. The summed E-state index contributed by atoms with van der Waals surface area (Å²) in [5, 5.41) is 0.874. The molecule has 0 unspecified atom stereocenters. The van der Waals surface area contributed by atoms with Gasteiger partial charge in [-0.2, -0.15) is 0 Å². The minimum Gasteiger partial charge on any atom is -0.407 e. The second kappa shape index (κ2) is 2.95. The molecule has 2 heterocycles. The van der Waals surface area contributed by atoms with E-state index in [1.807, 2.05) is 26.0 Å². The van der Waals surface area contributed by atoms with Gasteiger partial charge >= 0.3 is 5.76 Å². The largest absolute Gasteiger partial charge is 0.417 e. The van der Waals surface area contributed by atoms with Crippen molar-refractivity contribution in [1.82, 2.24) is 9.97 Å². The fourth-order valence-corrected chi connectivity index (χ4v) is 1.85. The lowest BCUT2D eigenvalue weighted by atomic mass is 10.1. The fraction of sp³-hybridized carbons (Fsp3) is 0.167. The maximum atomic E-state index is 11.1. The topological polar surface area (TPSA) is 58.9 Å². The van der Waals surface area contributed by atoms with Gasteiger partial charge in [-0.25, -0.2) is 4.79 Å². The SMILES string of the molecule is Cc1cc2ncc3[nH]c(=O)oc3c2cc1C. The van der Waals surface area contributed by atoms with E-state index in [0.29, 0.717) is 11.1 Å². The van der Waals surface area contributed by atoms with Crippen molar-refractivity contribution in [2.24, 2.45) is 0 Å². The molecule has 80 valence electrons. The zero-order chi connectivity index (χ0) is 11.3. The molecule has 3 aromatic rings. The molecule has 0 atom stereocenters. The molecule has 1 aromatic carbocycles. The highest BCUT2D eigenvalue weighted by Crippen LogP contribution is 2.24. The smallest absolute Gasteiger partial charge is 0.407 e. The molecule has 3 rings (SSSR count). The molecule has 0 aliphatic heterocycles. The number of benzene rings is 1. The van der Waals surface area contributed by atoms with Gasteiger partial charge in [-0.3, -0.25) is 9.97 Å². The summed E-state index contributed by atoms with van der Waals surface area (Å²) < 4.78 is 5.12. The number of hydrogen-bond donors (Lipinski definition) is 1. The zero-order valence-electron chi connectivity index (χ0n) is 9.00. The third kappa shape index (κ3) is 1.16. The maximum absolute atomic E-state index is 11.1. The van der Waals surface area contributed by atoms with E-state index in [0.717, 1.165) is 16.5 Å². The highest BCUT2D eigenvalue weighted by molar-refractivity contribution is 6.00. The van der Waals surface area contributed by atoms with Crippen molar-refractivity contribution < 1.29 is 4.42 Å². The number of fused-ring (bicyclic) bond motifs is 3. The molecule has 0 amide bonds. The third-order valence-electron chi connectivity index (χ3n) is 2.87. The van der Waals surface area contributed by atoms with Crippen molar-refractivity contribution in [3.05, 3.63) is 40.0 Å². The Kier molecular flexibility index (Phi) is 1.68.